The largest absolute Gasteiger partial charge is 0.380 e. The molecule has 1 heterocycles. The zero-order valence-corrected chi connectivity index (χ0v) is 11.5. The third-order valence-electron chi connectivity index (χ3n) is 3.34. The summed E-state index contributed by atoms with van der Waals surface area (Å²) in [5.41, 5.74) is 1.24. The molecular weight excluding hydrogens is 288 g/mol. The molecule has 1 N–H and O–H groups in total. The topological polar surface area (TPSA) is 50.9 Å². The lowest BCUT2D eigenvalue weighted by Crippen LogP contribution is -2.10. The zero-order chi connectivity index (χ0) is 15.5. The first-order valence-corrected chi connectivity index (χ1v) is 6.70. The maximum atomic E-state index is 13.3. The van der Waals surface area contributed by atoms with E-state index in [4.69, 9.17) is 0 Å². The van der Waals surface area contributed by atoms with Gasteiger partial charge in [0.05, 0.1) is 6.54 Å². The molecule has 0 radical (unpaired) electrons. The highest BCUT2D eigenvalue weighted by Gasteiger charge is 2.17. The molecule has 1 aromatic heterocycles. The predicted molar refractivity (Wildman–Crippen MR) is 76.0 cm³/mol. The second-order valence-corrected chi connectivity index (χ2v) is 4.88. The molecule has 3 rings (SSSR count). The van der Waals surface area contributed by atoms with E-state index in [-0.39, 0.29) is 6.54 Å². The Hall–Kier alpha value is -2.60. The number of aromatic nitrogens is 3. The van der Waals surface area contributed by atoms with E-state index in [2.05, 4.69) is 10.2 Å². The number of halogens is 2. The molecule has 4 nitrogen and oxygen atoms in total. The minimum Gasteiger partial charge on any atom is -0.380 e. The lowest BCUT2D eigenvalue weighted by Gasteiger charge is -2.12. The highest BCUT2D eigenvalue weighted by molar-refractivity contribution is 5.23. The molecule has 22 heavy (non-hydrogen) atoms. The number of nitrogens with zero attached hydrogens (tertiary/aromatic N) is 3. The first-order chi connectivity index (χ1) is 10.6. The number of hydrogen-bond donors (Lipinski definition) is 1. The van der Waals surface area contributed by atoms with Crippen molar-refractivity contribution in [3.05, 3.63) is 83.4 Å². The van der Waals surface area contributed by atoms with Crippen molar-refractivity contribution < 1.29 is 13.9 Å². The van der Waals surface area contributed by atoms with Crippen LogP contribution in [0, 0.1) is 11.6 Å². The maximum absolute atomic E-state index is 13.3. The summed E-state index contributed by atoms with van der Waals surface area (Å²) in [5, 5.41) is 18.1. The maximum Gasteiger partial charge on any atom is 0.166 e. The fourth-order valence-corrected chi connectivity index (χ4v) is 2.22. The van der Waals surface area contributed by atoms with Crippen LogP contribution >= 0.6 is 0 Å². The van der Waals surface area contributed by atoms with Crippen molar-refractivity contribution in [3.63, 3.8) is 0 Å². The summed E-state index contributed by atoms with van der Waals surface area (Å²) in [4.78, 5) is 0. The highest BCUT2D eigenvalue weighted by Crippen LogP contribution is 2.20. The van der Waals surface area contributed by atoms with Crippen LogP contribution in [0.25, 0.3) is 0 Å². The van der Waals surface area contributed by atoms with E-state index in [9.17, 15) is 13.9 Å². The normalized spacial score (nSPS) is 12.3. The summed E-state index contributed by atoms with van der Waals surface area (Å²) in [6.45, 7) is 0.240. The van der Waals surface area contributed by atoms with Gasteiger partial charge < -0.3 is 9.67 Å². The Balaban J connectivity index is 1.87. The van der Waals surface area contributed by atoms with Gasteiger partial charge in [-0.15, -0.1) is 10.2 Å². The number of rotatable bonds is 4. The zero-order valence-electron chi connectivity index (χ0n) is 11.5. The van der Waals surface area contributed by atoms with Crippen LogP contribution < -0.4 is 0 Å². The van der Waals surface area contributed by atoms with Crippen molar-refractivity contribution in [1.29, 1.82) is 0 Å². The number of aliphatic hydroxyl groups is 1. The predicted octanol–water partition coefficient (Wildman–Crippen LogP) is 2.69. The summed E-state index contributed by atoms with van der Waals surface area (Å²) in [7, 11) is 0. The fraction of sp³-hybridized carbons (Fsp3) is 0.125. The van der Waals surface area contributed by atoms with Crippen LogP contribution in [-0.2, 0) is 6.54 Å². The van der Waals surface area contributed by atoms with Gasteiger partial charge >= 0.3 is 0 Å². The summed E-state index contributed by atoms with van der Waals surface area (Å²) in [6, 6.07) is 12.7. The van der Waals surface area contributed by atoms with E-state index in [1.165, 1.54) is 12.4 Å². The van der Waals surface area contributed by atoms with Crippen LogP contribution in [0.4, 0.5) is 8.78 Å². The van der Waals surface area contributed by atoms with Crippen LogP contribution in [0.3, 0.4) is 0 Å². The van der Waals surface area contributed by atoms with Gasteiger partial charge in [-0.05, 0) is 23.3 Å². The molecule has 1 unspecified atom stereocenters. The molecule has 2 aromatic carbocycles. The average molecular weight is 301 g/mol. The molecule has 0 aliphatic heterocycles. The second kappa shape index (κ2) is 6.03. The molecule has 0 saturated carbocycles. The van der Waals surface area contributed by atoms with Crippen LogP contribution in [0.1, 0.15) is 23.1 Å². The van der Waals surface area contributed by atoms with Gasteiger partial charge in [-0.2, -0.15) is 0 Å². The second-order valence-electron chi connectivity index (χ2n) is 4.88. The SMILES string of the molecule is OC(c1ccccc1)c1nncn1Cc1ccc(F)c(F)c1. The van der Waals surface area contributed by atoms with Crippen LogP contribution in [0.5, 0.6) is 0 Å². The third kappa shape index (κ3) is 2.87. The Kier molecular flexibility index (Phi) is 3.93. The van der Waals surface area contributed by atoms with Gasteiger partial charge in [0, 0.05) is 0 Å². The third-order valence-corrected chi connectivity index (χ3v) is 3.34. The molecule has 0 aliphatic rings. The molecular formula is C16H13F2N3O. The van der Waals surface area contributed by atoms with Crippen molar-refractivity contribution in [2.45, 2.75) is 12.6 Å². The van der Waals surface area contributed by atoms with Gasteiger partial charge in [-0.25, -0.2) is 8.78 Å². The monoisotopic (exact) mass is 301 g/mol. The van der Waals surface area contributed by atoms with E-state index >= 15 is 0 Å². The van der Waals surface area contributed by atoms with Crippen molar-refractivity contribution in [1.82, 2.24) is 14.8 Å². The minimum atomic E-state index is -0.936. The molecule has 112 valence electrons. The number of hydrogen-bond acceptors (Lipinski definition) is 3. The van der Waals surface area contributed by atoms with Gasteiger partial charge in [0.2, 0.25) is 0 Å². The number of benzene rings is 2. The standard InChI is InChI=1S/C16H13F2N3O/c17-13-7-6-11(8-14(13)18)9-21-10-19-20-16(21)15(22)12-4-2-1-3-5-12/h1-8,10,15,22H,9H2. The Morgan fingerprint density at radius 2 is 1.82 bits per heavy atom. The van der Waals surface area contributed by atoms with Crippen LogP contribution in [0.15, 0.2) is 54.9 Å². The van der Waals surface area contributed by atoms with Gasteiger partial charge in [-0.1, -0.05) is 36.4 Å². The first-order valence-electron chi connectivity index (χ1n) is 6.70. The fourth-order valence-electron chi connectivity index (χ4n) is 2.22. The Bertz CT molecular complexity index is 774. The smallest absolute Gasteiger partial charge is 0.166 e. The molecule has 6 heteroatoms. The molecule has 0 amide bonds. The molecule has 1 atom stereocenters. The van der Waals surface area contributed by atoms with Gasteiger partial charge in [0.15, 0.2) is 17.5 Å². The van der Waals surface area contributed by atoms with E-state index in [0.29, 0.717) is 17.0 Å². The van der Waals surface area contributed by atoms with E-state index in [0.717, 1.165) is 12.1 Å². The van der Waals surface area contributed by atoms with E-state index < -0.39 is 17.7 Å². The molecule has 3 aromatic rings. The van der Waals surface area contributed by atoms with E-state index in [1.54, 1.807) is 16.7 Å². The Morgan fingerprint density at radius 3 is 2.55 bits per heavy atom. The quantitative estimate of drug-likeness (QED) is 0.806. The molecule has 0 saturated heterocycles. The lowest BCUT2D eigenvalue weighted by molar-refractivity contribution is 0.204. The van der Waals surface area contributed by atoms with Gasteiger partial charge in [0.1, 0.15) is 12.4 Å². The highest BCUT2D eigenvalue weighted by atomic mass is 19.2. The number of aliphatic hydroxyl groups excluding tert-OH is 1. The lowest BCUT2D eigenvalue weighted by atomic mass is 10.1. The van der Waals surface area contributed by atoms with Gasteiger partial charge in [-0.3, -0.25) is 0 Å². The summed E-state index contributed by atoms with van der Waals surface area (Å²) in [5.74, 6) is -1.45. The molecule has 0 spiro atoms. The van der Waals surface area contributed by atoms with Crippen molar-refractivity contribution in [2.75, 3.05) is 0 Å². The summed E-state index contributed by atoms with van der Waals surface area (Å²) in [6.07, 6.45) is 0.511. The molecule has 0 aliphatic carbocycles. The van der Waals surface area contributed by atoms with Crippen molar-refractivity contribution in [2.24, 2.45) is 0 Å². The Labute approximate surface area is 125 Å². The average Bonchev–Trinajstić information content (AvgIpc) is 2.99. The van der Waals surface area contributed by atoms with Crippen LogP contribution in [0.2, 0.25) is 0 Å². The minimum absolute atomic E-state index is 0.240. The first kappa shape index (κ1) is 14.3. The summed E-state index contributed by atoms with van der Waals surface area (Å²) < 4.78 is 27.8. The molecule has 0 fully saturated rings. The van der Waals surface area contributed by atoms with Crippen molar-refractivity contribution in [3.8, 4) is 0 Å². The Morgan fingerprint density at radius 1 is 1.05 bits per heavy atom. The molecule has 0 bridgehead atoms. The van der Waals surface area contributed by atoms with Gasteiger partial charge in [0.25, 0.3) is 0 Å². The summed E-state index contributed by atoms with van der Waals surface area (Å²) >= 11 is 0. The van der Waals surface area contributed by atoms with Crippen LogP contribution in [-0.4, -0.2) is 19.9 Å². The van der Waals surface area contributed by atoms with Crippen molar-refractivity contribution >= 4 is 0 Å². The van der Waals surface area contributed by atoms with E-state index in [1.807, 2.05) is 18.2 Å².